The number of benzene rings is 1. The van der Waals surface area contributed by atoms with E-state index in [1.807, 2.05) is 26.8 Å². The van der Waals surface area contributed by atoms with E-state index in [1.54, 1.807) is 12.3 Å². The number of rotatable bonds is 14. The molecule has 0 aliphatic rings. The lowest BCUT2D eigenvalue weighted by Crippen LogP contribution is -2.52. The van der Waals surface area contributed by atoms with Gasteiger partial charge in [-0.1, -0.05) is 33.6 Å². The van der Waals surface area contributed by atoms with E-state index in [4.69, 9.17) is 4.42 Å². The van der Waals surface area contributed by atoms with Gasteiger partial charge in [-0.3, -0.25) is 14.4 Å². The molecule has 2 amide bonds. The maximum atomic E-state index is 14.1. The molecule has 10 heteroatoms. The summed E-state index contributed by atoms with van der Waals surface area (Å²) in [4.78, 5) is 38.5. The quantitative estimate of drug-likeness (QED) is 0.347. The fourth-order valence-corrected chi connectivity index (χ4v) is 4.25. The third-order valence-corrected chi connectivity index (χ3v) is 6.21. The van der Waals surface area contributed by atoms with Crippen LogP contribution in [0.5, 0.6) is 0 Å². The first-order valence-corrected chi connectivity index (χ1v) is 12.7. The highest BCUT2D eigenvalue weighted by Gasteiger charge is 2.29. The predicted molar refractivity (Wildman–Crippen MR) is 128 cm³/mol. The number of unbranched alkanes of at least 4 members (excludes halogenated alkanes) is 1. The van der Waals surface area contributed by atoms with Gasteiger partial charge in [0.2, 0.25) is 5.91 Å². The van der Waals surface area contributed by atoms with Crippen LogP contribution in [-0.4, -0.2) is 35.4 Å². The summed E-state index contributed by atoms with van der Waals surface area (Å²) in [6.45, 7) is 5.62. The van der Waals surface area contributed by atoms with E-state index in [2.05, 4.69) is 10.6 Å². The van der Waals surface area contributed by atoms with Crippen molar-refractivity contribution in [2.45, 2.75) is 64.3 Å². The van der Waals surface area contributed by atoms with E-state index in [9.17, 15) is 27.6 Å². The second-order valence-corrected chi connectivity index (χ2v) is 9.61. The maximum Gasteiger partial charge on any atom is 0.255 e. The Morgan fingerprint density at radius 3 is 2.40 bits per heavy atom. The van der Waals surface area contributed by atoms with Gasteiger partial charge in [0.1, 0.15) is 11.8 Å². The van der Waals surface area contributed by atoms with Crippen LogP contribution in [0.2, 0.25) is 0 Å². The van der Waals surface area contributed by atoms with Gasteiger partial charge in [-0.15, -0.1) is 11.8 Å². The van der Waals surface area contributed by atoms with Crippen LogP contribution >= 0.6 is 11.8 Å². The number of amides is 2. The average molecular weight is 513 g/mol. The first-order chi connectivity index (χ1) is 16.6. The first-order valence-electron chi connectivity index (χ1n) is 11.5. The van der Waals surface area contributed by atoms with Crippen LogP contribution in [0, 0.1) is 23.4 Å². The number of hydrogen-bond donors (Lipinski definition) is 2. The van der Waals surface area contributed by atoms with Crippen molar-refractivity contribution >= 4 is 29.4 Å². The molecule has 192 valence electrons. The molecule has 2 rings (SSSR count). The lowest BCUT2D eigenvalue weighted by Gasteiger charge is -2.24. The lowest BCUT2D eigenvalue weighted by atomic mass is 10.0. The molecule has 1 heterocycles. The summed E-state index contributed by atoms with van der Waals surface area (Å²) in [6, 6.07) is 3.18. The topological polar surface area (TPSA) is 88.4 Å². The van der Waals surface area contributed by atoms with Crippen LogP contribution in [0.25, 0.3) is 0 Å². The van der Waals surface area contributed by atoms with Gasteiger partial charge >= 0.3 is 0 Å². The Kier molecular flexibility index (Phi) is 11.4. The lowest BCUT2D eigenvalue weighted by molar-refractivity contribution is -0.128. The van der Waals surface area contributed by atoms with E-state index >= 15 is 0 Å². The summed E-state index contributed by atoms with van der Waals surface area (Å²) in [6.07, 6.45) is 3.71. The fraction of sp³-hybridized carbons (Fsp3) is 0.480. The van der Waals surface area contributed by atoms with Crippen molar-refractivity contribution in [3.63, 3.8) is 0 Å². The van der Waals surface area contributed by atoms with Crippen molar-refractivity contribution in [1.82, 2.24) is 10.6 Å². The number of hydrogen-bond acceptors (Lipinski definition) is 5. The number of halogens is 3. The highest BCUT2D eigenvalue weighted by atomic mass is 32.2. The van der Waals surface area contributed by atoms with Gasteiger partial charge < -0.3 is 15.1 Å². The Morgan fingerprint density at radius 1 is 1.03 bits per heavy atom. The molecule has 0 aliphatic heterocycles. The van der Waals surface area contributed by atoms with Gasteiger partial charge in [0.25, 0.3) is 5.91 Å². The molecule has 0 saturated heterocycles. The Balaban J connectivity index is 2.09. The number of furan rings is 1. The zero-order valence-electron chi connectivity index (χ0n) is 20.0. The normalized spacial score (nSPS) is 12.9. The summed E-state index contributed by atoms with van der Waals surface area (Å²) < 4.78 is 46.1. The summed E-state index contributed by atoms with van der Waals surface area (Å²) in [5.74, 6) is -5.24. The maximum absolute atomic E-state index is 14.1. The molecule has 0 radical (unpaired) electrons. The highest BCUT2D eigenvalue weighted by Crippen LogP contribution is 2.17. The van der Waals surface area contributed by atoms with E-state index < -0.39 is 46.9 Å². The Bertz CT molecular complexity index is 999. The molecule has 2 atom stereocenters. The van der Waals surface area contributed by atoms with Crippen LogP contribution in [0.3, 0.4) is 0 Å². The summed E-state index contributed by atoms with van der Waals surface area (Å²) in [5, 5.41) is 5.13. The van der Waals surface area contributed by atoms with Crippen LogP contribution in [0.4, 0.5) is 13.2 Å². The van der Waals surface area contributed by atoms with Crippen molar-refractivity contribution in [2.75, 3.05) is 5.75 Å². The monoisotopic (exact) mass is 512 g/mol. The van der Waals surface area contributed by atoms with Gasteiger partial charge in [0, 0.05) is 0 Å². The SMILES string of the molecule is CCCC[C@H](NC(=O)[C@H](CC(C)C)NC(=O)c1ccc(F)c(F)c1F)C(=O)CSCc1ccco1. The number of carbonyl (C=O) groups excluding carboxylic acids is 3. The second-order valence-electron chi connectivity index (χ2n) is 8.62. The molecule has 0 spiro atoms. The van der Waals surface area contributed by atoms with Crippen LogP contribution < -0.4 is 10.6 Å². The van der Waals surface area contributed by atoms with E-state index in [0.29, 0.717) is 24.7 Å². The van der Waals surface area contributed by atoms with E-state index in [1.165, 1.54) is 11.8 Å². The minimum Gasteiger partial charge on any atom is -0.468 e. The minimum absolute atomic E-state index is 0.0329. The molecule has 0 unspecified atom stereocenters. The van der Waals surface area contributed by atoms with Crippen molar-refractivity contribution in [3.8, 4) is 0 Å². The molecule has 0 aliphatic carbocycles. The largest absolute Gasteiger partial charge is 0.468 e. The average Bonchev–Trinajstić information content (AvgIpc) is 3.32. The van der Waals surface area contributed by atoms with Gasteiger partial charge in [-0.2, -0.15) is 0 Å². The number of nitrogens with one attached hydrogen (secondary N) is 2. The molecule has 1 aromatic carbocycles. The number of carbonyl (C=O) groups is 3. The van der Waals surface area contributed by atoms with Crippen LogP contribution in [0.1, 0.15) is 62.6 Å². The summed E-state index contributed by atoms with van der Waals surface area (Å²) >= 11 is 1.37. The standard InChI is InChI=1S/C25H31F3N2O4S/c1-4-5-8-19(21(31)14-35-13-16-7-6-11-34-16)29-25(33)20(12-15(2)3)30-24(32)17-9-10-18(26)23(28)22(17)27/h6-7,9-11,15,19-20H,4-5,8,12-14H2,1-3H3,(H,29,33)(H,30,32)/t19-,20-/m0/s1. The van der Waals surface area contributed by atoms with Gasteiger partial charge in [-0.25, -0.2) is 13.2 Å². The van der Waals surface area contributed by atoms with Crippen LogP contribution in [0.15, 0.2) is 34.9 Å². The van der Waals surface area contributed by atoms with Crippen molar-refractivity contribution < 1.29 is 32.0 Å². The molecular weight excluding hydrogens is 481 g/mol. The molecule has 0 saturated carbocycles. The third-order valence-electron chi connectivity index (χ3n) is 5.23. The molecule has 2 aromatic rings. The highest BCUT2D eigenvalue weighted by molar-refractivity contribution is 7.99. The zero-order valence-corrected chi connectivity index (χ0v) is 20.9. The van der Waals surface area contributed by atoms with E-state index in [-0.39, 0.29) is 23.9 Å². The molecule has 2 N–H and O–H groups in total. The summed E-state index contributed by atoms with van der Waals surface area (Å²) in [7, 11) is 0. The Labute approximate surface area is 207 Å². The third kappa shape index (κ3) is 8.76. The minimum atomic E-state index is -1.76. The van der Waals surface area contributed by atoms with Gasteiger partial charge in [0.05, 0.1) is 29.4 Å². The van der Waals surface area contributed by atoms with Crippen LogP contribution in [-0.2, 0) is 15.3 Å². The van der Waals surface area contributed by atoms with Crippen molar-refractivity contribution in [3.05, 3.63) is 59.3 Å². The molecule has 6 nitrogen and oxygen atoms in total. The smallest absolute Gasteiger partial charge is 0.255 e. The van der Waals surface area contributed by atoms with E-state index in [0.717, 1.165) is 18.2 Å². The first kappa shape index (κ1) is 28.5. The number of thioether (sulfide) groups is 1. The fourth-order valence-electron chi connectivity index (χ4n) is 3.38. The summed E-state index contributed by atoms with van der Waals surface area (Å²) in [5.41, 5.74) is -0.710. The van der Waals surface area contributed by atoms with Crippen molar-refractivity contribution in [1.29, 1.82) is 0 Å². The Hall–Kier alpha value is -2.75. The number of Topliss-reactive ketones (excluding diaryl/α,β-unsaturated/α-hetero) is 1. The zero-order chi connectivity index (χ0) is 26.0. The number of ketones is 1. The molecule has 0 fully saturated rings. The van der Waals surface area contributed by atoms with Crippen molar-refractivity contribution in [2.24, 2.45) is 5.92 Å². The van der Waals surface area contributed by atoms with Gasteiger partial charge in [-0.05, 0) is 43.0 Å². The molecule has 0 bridgehead atoms. The predicted octanol–water partition coefficient (Wildman–Crippen LogP) is 5.02. The second kappa shape index (κ2) is 14.0. The van der Waals surface area contributed by atoms with Gasteiger partial charge in [0.15, 0.2) is 23.2 Å². The Morgan fingerprint density at radius 2 is 1.77 bits per heavy atom. The molecule has 35 heavy (non-hydrogen) atoms. The molecule has 1 aromatic heterocycles. The molecular formula is C25H31F3N2O4S.